The molecule has 4 N–H and O–H groups in total. The molecule has 0 saturated carbocycles. The molecule has 1 unspecified atom stereocenters. The number of aromatic amines is 1. The molecule has 0 aliphatic rings. The van der Waals surface area contributed by atoms with Crippen LogP contribution in [0.2, 0.25) is 0 Å². The summed E-state index contributed by atoms with van der Waals surface area (Å²) in [6.45, 7) is 2.62. The second-order valence-electron chi connectivity index (χ2n) is 3.86. The summed E-state index contributed by atoms with van der Waals surface area (Å²) in [5, 5.41) is 9.47. The number of nitrogens with zero attached hydrogens (tertiary/aromatic N) is 1. The number of aryl methyl sites for hydroxylation is 1. The lowest BCUT2D eigenvalue weighted by Gasteiger charge is -2.10. The van der Waals surface area contributed by atoms with Gasteiger partial charge in [-0.25, -0.2) is 0 Å². The third kappa shape index (κ3) is 4.54. The van der Waals surface area contributed by atoms with E-state index in [0.717, 1.165) is 18.5 Å². The maximum atomic E-state index is 11.7. The Balaban J connectivity index is 2.37. The van der Waals surface area contributed by atoms with Crippen molar-refractivity contribution >= 4 is 11.7 Å². The summed E-state index contributed by atoms with van der Waals surface area (Å²) in [7, 11) is 1.63. The van der Waals surface area contributed by atoms with E-state index in [1.165, 1.54) is 0 Å². The molecule has 96 valence electrons. The van der Waals surface area contributed by atoms with Crippen molar-refractivity contribution in [3.8, 4) is 0 Å². The Hall–Kier alpha value is -1.40. The molecule has 0 aliphatic carbocycles. The van der Waals surface area contributed by atoms with Crippen molar-refractivity contribution in [1.82, 2.24) is 10.2 Å². The molecule has 1 atom stereocenters. The normalized spacial score (nSPS) is 12.4. The van der Waals surface area contributed by atoms with Gasteiger partial charge in [-0.1, -0.05) is 6.92 Å². The van der Waals surface area contributed by atoms with Gasteiger partial charge in [0.2, 0.25) is 5.91 Å². The lowest BCUT2D eigenvalue weighted by Crippen LogP contribution is -2.35. The number of aromatic nitrogens is 2. The maximum absolute atomic E-state index is 11.7. The molecule has 0 aliphatic heterocycles. The third-order valence-electron chi connectivity index (χ3n) is 2.46. The number of ether oxygens (including phenoxy) is 1. The van der Waals surface area contributed by atoms with Crippen molar-refractivity contribution in [3.63, 3.8) is 0 Å². The molecule has 0 saturated heterocycles. The first-order chi connectivity index (χ1) is 8.17. The van der Waals surface area contributed by atoms with Crippen molar-refractivity contribution in [1.29, 1.82) is 0 Å². The van der Waals surface area contributed by atoms with Gasteiger partial charge < -0.3 is 15.8 Å². The summed E-state index contributed by atoms with van der Waals surface area (Å²) in [6.07, 6.45) is 2.22. The lowest BCUT2D eigenvalue weighted by molar-refractivity contribution is -0.117. The van der Waals surface area contributed by atoms with Gasteiger partial charge in [-0.05, 0) is 19.3 Å². The van der Waals surface area contributed by atoms with Crippen LogP contribution in [-0.4, -0.2) is 35.9 Å². The number of hydrogen-bond acceptors (Lipinski definition) is 4. The highest BCUT2D eigenvalue weighted by atomic mass is 16.5. The number of H-pyrrole nitrogens is 1. The van der Waals surface area contributed by atoms with E-state index in [4.69, 9.17) is 10.5 Å². The van der Waals surface area contributed by atoms with Crippen molar-refractivity contribution in [2.75, 3.05) is 19.0 Å². The fraction of sp³-hybridized carbons (Fsp3) is 0.636. The molecule has 0 bridgehead atoms. The number of nitrogens with two attached hydrogens (primary N) is 1. The van der Waals surface area contributed by atoms with E-state index in [0.29, 0.717) is 18.8 Å². The van der Waals surface area contributed by atoms with Crippen LogP contribution < -0.4 is 11.1 Å². The summed E-state index contributed by atoms with van der Waals surface area (Å²) in [4.78, 5) is 11.7. The van der Waals surface area contributed by atoms with Crippen molar-refractivity contribution in [3.05, 3.63) is 11.8 Å². The van der Waals surface area contributed by atoms with Gasteiger partial charge in [0.1, 0.15) is 0 Å². The summed E-state index contributed by atoms with van der Waals surface area (Å²) < 4.78 is 4.90. The Kier molecular flexibility index (Phi) is 5.65. The fourth-order valence-corrected chi connectivity index (χ4v) is 1.40. The van der Waals surface area contributed by atoms with E-state index in [1.54, 1.807) is 13.2 Å². The maximum Gasteiger partial charge on any atom is 0.242 e. The molecule has 1 heterocycles. The summed E-state index contributed by atoms with van der Waals surface area (Å²) in [6, 6.07) is 1.28. The number of nitrogens with one attached hydrogen (secondary N) is 2. The topological polar surface area (TPSA) is 93.0 Å². The van der Waals surface area contributed by atoms with E-state index >= 15 is 0 Å². The zero-order valence-electron chi connectivity index (χ0n) is 10.3. The van der Waals surface area contributed by atoms with Gasteiger partial charge in [0.25, 0.3) is 0 Å². The van der Waals surface area contributed by atoms with E-state index in [9.17, 15) is 4.79 Å². The standard InChI is InChI=1S/C11H20N4O2/c1-3-8-7-10(15-14-8)13-11(16)9(12)5-4-6-17-2/h7,9H,3-6,12H2,1-2H3,(H2,13,14,15,16). The van der Waals surface area contributed by atoms with E-state index in [2.05, 4.69) is 15.5 Å². The van der Waals surface area contributed by atoms with Gasteiger partial charge in [-0.3, -0.25) is 9.89 Å². The van der Waals surface area contributed by atoms with Crippen LogP contribution in [0.5, 0.6) is 0 Å². The van der Waals surface area contributed by atoms with Crippen molar-refractivity contribution in [2.24, 2.45) is 5.73 Å². The first-order valence-electron chi connectivity index (χ1n) is 5.77. The van der Waals surface area contributed by atoms with E-state index in [1.807, 2.05) is 6.92 Å². The highest BCUT2D eigenvalue weighted by Gasteiger charge is 2.14. The predicted octanol–water partition coefficient (Wildman–Crippen LogP) is 0.664. The molecular weight excluding hydrogens is 220 g/mol. The molecule has 0 fully saturated rings. The molecule has 1 aromatic rings. The van der Waals surface area contributed by atoms with Crippen LogP contribution in [0, 0.1) is 0 Å². The van der Waals surface area contributed by atoms with Crippen LogP contribution in [0.3, 0.4) is 0 Å². The Morgan fingerprint density at radius 3 is 3.06 bits per heavy atom. The number of rotatable bonds is 7. The first kappa shape index (κ1) is 13.7. The quantitative estimate of drug-likeness (QED) is 0.610. The molecule has 0 aromatic carbocycles. The minimum Gasteiger partial charge on any atom is -0.385 e. The average molecular weight is 240 g/mol. The lowest BCUT2D eigenvalue weighted by atomic mass is 10.1. The zero-order chi connectivity index (χ0) is 12.7. The Morgan fingerprint density at radius 2 is 2.47 bits per heavy atom. The van der Waals surface area contributed by atoms with Gasteiger partial charge in [0, 0.05) is 25.5 Å². The molecule has 1 amide bonds. The monoisotopic (exact) mass is 240 g/mol. The number of amides is 1. The third-order valence-corrected chi connectivity index (χ3v) is 2.46. The van der Waals surface area contributed by atoms with E-state index in [-0.39, 0.29) is 5.91 Å². The smallest absolute Gasteiger partial charge is 0.242 e. The van der Waals surface area contributed by atoms with Crippen molar-refractivity contribution < 1.29 is 9.53 Å². The second kappa shape index (κ2) is 7.03. The number of carbonyl (C=O) groups excluding carboxylic acids is 1. The minimum absolute atomic E-state index is 0.213. The second-order valence-corrected chi connectivity index (χ2v) is 3.86. The number of carbonyl (C=O) groups is 1. The van der Waals surface area contributed by atoms with Gasteiger partial charge in [0.15, 0.2) is 5.82 Å². The van der Waals surface area contributed by atoms with Gasteiger partial charge in [0.05, 0.1) is 6.04 Å². The van der Waals surface area contributed by atoms with Crippen LogP contribution in [0.25, 0.3) is 0 Å². The largest absolute Gasteiger partial charge is 0.385 e. The van der Waals surface area contributed by atoms with E-state index < -0.39 is 6.04 Å². The Morgan fingerprint density at radius 1 is 1.71 bits per heavy atom. The summed E-state index contributed by atoms with van der Waals surface area (Å²) in [5.41, 5.74) is 6.72. The molecular formula is C11H20N4O2. The molecule has 0 radical (unpaired) electrons. The van der Waals surface area contributed by atoms with Crippen LogP contribution in [0.1, 0.15) is 25.5 Å². The number of anilines is 1. The summed E-state index contributed by atoms with van der Waals surface area (Å²) in [5.74, 6) is 0.310. The number of hydrogen-bond donors (Lipinski definition) is 3. The van der Waals surface area contributed by atoms with Gasteiger partial charge in [-0.2, -0.15) is 5.10 Å². The highest BCUT2D eigenvalue weighted by Crippen LogP contribution is 2.06. The molecule has 1 aromatic heterocycles. The Labute approximate surface area is 101 Å². The highest BCUT2D eigenvalue weighted by molar-refractivity contribution is 5.93. The SMILES string of the molecule is CCc1cc(NC(=O)C(N)CCCOC)n[nH]1. The summed E-state index contributed by atoms with van der Waals surface area (Å²) >= 11 is 0. The number of methoxy groups -OCH3 is 1. The van der Waals surface area contributed by atoms with Gasteiger partial charge in [-0.15, -0.1) is 0 Å². The van der Waals surface area contributed by atoms with Crippen LogP contribution in [0.4, 0.5) is 5.82 Å². The van der Waals surface area contributed by atoms with Crippen LogP contribution in [0.15, 0.2) is 6.07 Å². The van der Waals surface area contributed by atoms with Crippen LogP contribution in [-0.2, 0) is 16.0 Å². The zero-order valence-corrected chi connectivity index (χ0v) is 10.3. The molecule has 6 nitrogen and oxygen atoms in total. The fourth-order valence-electron chi connectivity index (χ4n) is 1.40. The van der Waals surface area contributed by atoms with Gasteiger partial charge >= 0.3 is 0 Å². The molecule has 1 rings (SSSR count). The Bertz CT molecular complexity index is 351. The minimum atomic E-state index is -0.521. The average Bonchev–Trinajstić information content (AvgIpc) is 2.77. The predicted molar refractivity (Wildman–Crippen MR) is 65.7 cm³/mol. The molecule has 0 spiro atoms. The van der Waals surface area contributed by atoms with Crippen molar-refractivity contribution in [2.45, 2.75) is 32.2 Å². The first-order valence-corrected chi connectivity index (χ1v) is 5.77. The molecule has 6 heteroatoms. The van der Waals surface area contributed by atoms with Crippen LogP contribution >= 0.6 is 0 Å². The molecule has 17 heavy (non-hydrogen) atoms.